The number of carboxylic acid groups (broad SMARTS) is 1. The van der Waals surface area contributed by atoms with Gasteiger partial charge in [-0.15, -0.1) is 5.48 Å². The molecular weight excluding hydrogens is 278 g/mol. The summed E-state index contributed by atoms with van der Waals surface area (Å²) in [6.07, 6.45) is -0.198. The number of carbonyl (C=O) groups is 3. The summed E-state index contributed by atoms with van der Waals surface area (Å²) >= 11 is 0. The Morgan fingerprint density at radius 2 is 2.00 bits per heavy atom. The molecule has 7 heteroatoms. The molecule has 2 N–H and O–H groups in total. The molecule has 112 valence electrons. The molecule has 1 heterocycles. The molecule has 1 aromatic rings. The zero-order valence-electron chi connectivity index (χ0n) is 11.2. The van der Waals surface area contributed by atoms with Crippen molar-refractivity contribution in [1.82, 2.24) is 5.48 Å². The van der Waals surface area contributed by atoms with Gasteiger partial charge in [-0.2, -0.15) is 0 Å². The number of rotatable bonds is 6. The predicted molar refractivity (Wildman–Crippen MR) is 69.6 cm³/mol. The number of benzene rings is 1. The van der Waals surface area contributed by atoms with E-state index in [2.05, 4.69) is 10.3 Å². The number of ether oxygens (including phenoxy) is 1. The van der Waals surface area contributed by atoms with Gasteiger partial charge in [0.05, 0.1) is 5.92 Å². The van der Waals surface area contributed by atoms with E-state index in [0.29, 0.717) is 0 Å². The summed E-state index contributed by atoms with van der Waals surface area (Å²) in [7, 11) is 0. The van der Waals surface area contributed by atoms with Crippen molar-refractivity contribution < 1.29 is 29.1 Å². The molecule has 7 nitrogen and oxygen atoms in total. The van der Waals surface area contributed by atoms with Crippen molar-refractivity contribution in [2.24, 2.45) is 5.92 Å². The maximum absolute atomic E-state index is 12.0. The summed E-state index contributed by atoms with van der Waals surface area (Å²) in [6, 6.07) is 8.12. The highest BCUT2D eigenvalue weighted by molar-refractivity contribution is 5.87. The van der Waals surface area contributed by atoms with Gasteiger partial charge in [0, 0.05) is 6.42 Å². The van der Waals surface area contributed by atoms with Crippen molar-refractivity contribution in [2.45, 2.75) is 25.5 Å². The summed E-state index contributed by atoms with van der Waals surface area (Å²) in [4.78, 5) is 38.6. The molecule has 2 atom stereocenters. The summed E-state index contributed by atoms with van der Waals surface area (Å²) in [5.41, 5.74) is 3.12. The van der Waals surface area contributed by atoms with Gasteiger partial charge >= 0.3 is 17.9 Å². The van der Waals surface area contributed by atoms with Crippen LogP contribution in [0.4, 0.5) is 0 Å². The van der Waals surface area contributed by atoms with Crippen LogP contribution in [-0.4, -0.2) is 29.1 Å². The molecule has 2 rings (SSSR count). The van der Waals surface area contributed by atoms with Crippen LogP contribution in [0.1, 0.15) is 18.4 Å². The molecule has 0 bridgehead atoms. The molecule has 0 aromatic heterocycles. The van der Waals surface area contributed by atoms with E-state index in [4.69, 9.17) is 9.84 Å². The van der Waals surface area contributed by atoms with E-state index in [9.17, 15) is 14.4 Å². The molecule has 1 aromatic carbocycles. The fourth-order valence-electron chi connectivity index (χ4n) is 2.01. The lowest BCUT2D eigenvalue weighted by Gasteiger charge is -2.13. The lowest BCUT2D eigenvalue weighted by Crippen LogP contribution is -2.37. The van der Waals surface area contributed by atoms with Gasteiger partial charge in [0.2, 0.25) is 0 Å². The monoisotopic (exact) mass is 293 g/mol. The fourth-order valence-corrected chi connectivity index (χ4v) is 2.01. The number of aliphatic carboxylic acids is 1. The first kappa shape index (κ1) is 15.0. The lowest BCUT2D eigenvalue weighted by atomic mass is 9.96. The molecule has 1 saturated heterocycles. The van der Waals surface area contributed by atoms with Gasteiger partial charge in [0.15, 0.2) is 6.04 Å². The molecule has 21 heavy (non-hydrogen) atoms. The maximum Gasteiger partial charge on any atom is 0.330 e. The first-order valence-electron chi connectivity index (χ1n) is 6.46. The Balaban J connectivity index is 1.91. The third-order valence-electron chi connectivity index (χ3n) is 3.14. The van der Waals surface area contributed by atoms with Crippen LogP contribution in [-0.2, 0) is 30.6 Å². The Bertz CT molecular complexity index is 530. The zero-order valence-corrected chi connectivity index (χ0v) is 11.2. The van der Waals surface area contributed by atoms with Crippen LogP contribution >= 0.6 is 0 Å². The third-order valence-corrected chi connectivity index (χ3v) is 3.14. The van der Waals surface area contributed by atoms with Crippen LogP contribution in [0, 0.1) is 5.92 Å². The Morgan fingerprint density at radius 3 is 2.67 bits per heavy atom. The second-order valence-electron chi connectivity index (χ2n) is 4.65. The average molecular weight is 293 g/mol. The number of hydrogen-bond acceptors (Lipinski definition) is 6. The Kier molecular flexibility index (Phi) is 4.89. The molecule has 0 radical (unpaired) electrons. The number of carbonyl (C=O) groups excluding carboxylic acids is 2. The minimum atomic E-state index is -1.04. The summed E-state index contributed by atoms with van der Waals surface area (Å²) < 4.78 is 5.12. The minimum Gasteiger partial charge on any atom is -0.481 e. The molecule has 1 fully saturated rings. The fraction of sp³-hybridized carbons (Fsp3) is 0.357. The quantitative estimate of drug-likeness (QED) is 0.742. The highest BCUT2D eigenvalue weighted by Crippen LogP contribution is 2.20. The maximum atomic E-state index is 12.0. The number of hydroxylamine groups is 1. The van der Waals surface area contributed by atoms with Crippen molar-refractivity contribution in [1.29, 1.82) is 0 Å². The van der Waals surface area contributed by atoms with Gasteiger partial charge in [-0.3, -0.25) is 9.59 Å². The highest BCUT2D eigenvalue weighted by atomic mass is 16.7. The second-order valence-corrected chi connectivity index (χ2v) is 4.65. The third kappa shape index (κ3) is 4.03. The van der Waals surface area contributed by atoms with E-state index in [1.165, 1.54) is 0 Å². The van der Waals surface area contributed by atoms with Crippen LogP contribution < -0.4 is 5.48 Å². The van der Waals surface area contributed by atoms with Crippen LogP contribution in [0.2, 0.25) is 0 Å². The van der Waals surface area contributed by atoms with E-state index in [0.717, 1.165) is 5.56 Å². The first-order valence-corrected chi connectivity index (χ1v) is 6.46. The van der Waals surface area contributed by atoms with E-state index < -0.39 is 29.9 Å². The van der Waals surface area contributed by atoms with Gasteiger partial charge in [0.1, 0.15) is 6.61 Å². The number of hydrogen-bond donors (Lipinski definition) is 2. The predicted octanol–water partition coefficient (Wildman–Crippen LogP) is 0.641. The van der Waals surface area contributed by atoms with Gasteiger partial charge in [-0.1, -0.05) is 30.3 Å². The molecule has 0 saturated carbocycles. The van der Waals surface area contributed by atoms with Crippen molar-refractivity contribution in [3.8, 4) is 0 Å². The van der Waals surface area contributed by atoms with Gasteiger partial charge in [-0.05, 0) is 12.0 Å². The van der Waals surface area contributed by atoms with Crippen LogP contribution in [0.15, 0.2) is 30.3 Å². The summed E-state index contributed by atoms with van der Waals surface area (Å²) in [6.45, 7) is 0.0810. The second kappa shape index (κ2) is 6.85. The van der Waals surface area contributed by atoms with E-state index in [1.807, 2.05) is 18.2 Å². The molecule has 1 aliphatic rings. The van der Waals surface area contributed by atoms with E-state index >= 15 is 0 Å². The smallest absolute Gasteiger partial charge is 0.330 e. The SMILES string of the molecule is O=C(O)CCC1C(=O)ONC1C(=O)OCc1ccccc1. The van der Waals surface area contributed by atoms with Crippen molar-refractivity contribution in [2.75, 3.05) is 0 Å². The van der Waals surface area contributed by atoms with Crippen molar-refractivity contribution >= 4 is 17.9 Å². The highest BCUT2D eigenvalue weighted by Gasteiger charge is 2.42. The summed E-state index contributed by atoms with van der Waals surface area (Å²) in [5, 5.41) is 8.65. The van der Waals surface area contributed by atoms with Gasteiger partial charge in [0.25, 0.3) is 0 Å². The Morgan fingerprint density at radius 1 is 1.29 bits per heavy atom. The number of nitrogens with one attached hydrogen (secondary N) is 1. The van der Waals surface area contributed by atoms with Crippen LogP contribution in [0.25, 0.3) is 0 Å². The molecule has 0 amide bonds. The normalized spacial score (nSPS) is 20.9. The van der Waals surface area contributed by atoms with E-state index in [1.54, 1.807) is 12.1 Å². The van der Waals surface area contributed by atoms with Crippen LogP contribution in [0.5, 0.6) is 0 Å². The molecule has 0 spiro atoms. The minimum absolute atomic E-state index is 0.0201. The summed E-state index contributed by atoms with van der Waals surface area (Å²) in [5.74, 6) is -3.16. The number of carboxylic acids is 1. The Hall–Kier alpha value is -2.41. The molecule has 2 unspecified atom stereocenters. The molecule has 1 aliphatic heterocycles. The average Bonchev–Trinajstić information content (AvgIpc) is 2.85. The molecule has 0 aliphatic carbocycles. The largest absolute Gasteiger partial charge is 0.481 e. The molecular formula is C14H15NO6. The van der Waals surface area contributed by atoms with Crippen LogP contribution in [0.3, 0.4) is 0 Å². The van der Waals surface area contributed by atoms with Gasteiger partial charge in [-0.25, -0.2) is 4.79 Å². The Labute approximate surface area is 120 Å². The van der Waals surface area contributed by atoms with Crippen molar-refractivity contribution in [3.05, 3.63) is 35.9 Å². The standard InChI is InChI=1S/C14H15NO6/c16-11(17)7-6-10-12(15-21-13(10)18)14(19)20-8-9-4-2-1-3-5-9/h1-5,10,12,15H,6-8H2,(H,16,17). The number of esters is 1. The van der Waals surface area contributed by atoms with E-state index in [-0.39, 0.29) is 19.4 Å². The van der Waals surface area contributed by atoms with Crippen molar-refractivity contribution in [3.63, 3.8) is 0 Å². The van der Waals surface area contributed by atoms with Gasteiger partial charge < -0.3 is 14.7 Å². The topological polar surface area (TPSA) is 102 Å². The first-order chi connectivity index (χ1) is 10.1. The lowest BCUT2D eigenvalue weighted by molar-refractivity contribution is -0.150. The zero-order chi connectivity index (χ0) is 15.2.